The largest absolute Gasteiger partial charge is 0.478 e. The van der Waals surface area contributed by atoms with Gasteiger partial charge in [-0.1, -0.05) is 0 Å². The van der Waals surface area contributed by atoms with E-state index in [0.717, 1.165) is 19.1 Å². The van der Waals surface area contributed by atoms with Crippen LogP contribution in [-0.4, -0.2) is 49.6 Å². The first-order valence-electron chi connectivity index (χ1n) is 8.40. The standard InChI is InChI=1S/C19H19NO6S/c1-27(24,25)17-6-4-15(5-7-17)26-16-11-13(10-14(12-16)19(22)23)18(21)20-8-2-3-9-20/h4-7,10-12H,2-3,8-9H2,1H3,(H,22,23). The number of hydrogen-bond donors (Lipinski definition) is 1. The third-order valence-corrected chi connectivity index (χ3v) is 5.41. The molecule has 2 aromatic carbocycles. The highest BCUT2D eigenvalue weighted by atomic mass is 32.2. The first kappa shape index (κ1) is 18.9. The number of amides is 1. The number of carbonyl (C=O) groups excluding carboxylic acids is 1. The maximum atomic E-state index is 12.6. The number of likely N-dealkylation sites (tertiary alicyclic amines) is 1. The van der Waals surface area contributed by atoms with Crippen molar-refractivity contribution in [2.24, 2.45) is 0 Å². The van der Waals surface area contributed by atoms with Crippen molar-refractivity contribution in [2.75, 3.05) is 19.3 Å². The molecule has 0 saturated carbocycles. The Labute approximate surface area is 157 Å². The zero-order chi connectivity index (χ0) is 19.6. The molecule has 0 spiro atoms. The Hall–Kier alpha value is -2.87. The molecule has 1 amide bonds. The number of benzene rings is 2. The minimum Gasteiger partial charge on any atom is -0.478 e. The highest BCUT2D eigenvalue weighted by molar-refractivity contribution is 7.90. The molecular formula is C19H19NO6S. The summed E-state index contributed by atoms with van der Waals surface area (Å²) in [6, 6.07) is 9.93. The van der Waals surface area contributed by atoms with E-state index in [1.807, 2.05) is 0 Å². The smallest absolute Gasteiger partial charge is 0.335 e. The van der Waals surface area contributed by atoms with Crippen LogP contribution in [0, 0.1) is 0 Å². The van der Waals surface area contributed by atoms with E-state index in [9.17, 15) is 23.1 Å². The summed E-state index contributed by atoms with van der Waals surface area (Å²) in [5.41, 5.74) is 0.197. The molecular weight excluding hydrogens is 370 g/mol. The Morgan fingerprint density at radius 2 is 1.56 bits per heavy atom. The topological polar surface area (TPSA) is 101 Å². The van der Waals surface area contributed by atoms with E-state index in [2.05, 4.69) is 0 Å². The maximum Gasteiger partial charge on any atom is 0.335 e. The van der Waals surface area contributed by atoms with Crippen LogP contribution in [0.25, 0.3) is 0 Å². The number of carboxylic acids is 1. The molecule has 0 atom stereocenters. The molecule has 1 N–H and O–H groups in total. The number of carbonyl (C=O) groups is 2. The van der Waals surface area contributed by atoms with Gasteiger partial charge in [-0.2, -0.15) is 0 Å². The average Bonchev–Trinajstić information content (AvgIpc) is 3.15. The molecule has 1 fully saturated rings. The minimum absolute atomic E-state index is 0.0530. The lowest BCUT2D eigenvalue weighted by atomic mass is 10.1. The van der Waals surface area contributed by atoms with Gasteiger partial charge >= 0.3 is 5.97 Å². The Morgan fingerprint density at radius 3 is 2.11 bits per heavy atom. The van der Waals surface area contributed by atoms with Gasteiger partial charge in [-0.15, -0.1) is 0 Å². The fraction of sp³-hybridized carbons (Fsp3) is 0.263. The molecule has 1 heterocycles. The van der Waals surface area contributed by atoms with E-state index < -0.39 is 15.8 Å². The minimum atomic E-state index is -3.32. The highest BCUT2D eigenvalue weighted by Gasteiger charge is 2.21. The molecule has 0 aromatic heterocycles. The third kappa shape index (κ3) is 4.46. The van der Waals surface area contributed by atoms with Crippen LogP contribution in [0.5, 0.6) is 11.5 Å². The summed E-state index contributed by atoms with van der Waals surface area (Å²) in [7, 11) is -3.32. The molecule has 0 bridgehead atoms. The molecule has 1 aliphatic rings. The fourth-order valence-corrected chi connectivity index (χ4v) is 3.53. The van der Waals surface area contributed by atoms with Crippen molar-refractivity contribution in [1.29, 1.82) is 0 Å². The van der Waals surface area contributed by atoms with Gasteiger partial charge in [-0.05, 0) is 55.3 Å². The third-order valence-electron chi connectivity index (χ3n) is 4.28. The zero-order valence-corrected chi connectivity index (χ0v) is 15.5. The van der Waals surface area contributed by atoms with Gasteiger partial charge in [0.25, 0.3) is 5.91 Å². The molecule has 8 heteroatoms. The monoisotopic (exact) mass is 389 g/mol. The molecule has 0 radical (unpaired) electrons. The number of sulfone groups is 1. The highest BCUT2D eigenvalue weighted by Crippen LogP contribution is 2.26. The van der Waals surface area contributed by atoms with Crippen LogP contribution in [0.4, 0.5) is 0 Å². The van der Waals surface area contributed by atoms with Gasteiger partial charge < -0.3 is 14.7 Å². The Morgan fingerprint density at radius 1 is 0.963 bits per heavy atom. The van der Waals surface area contributed by atoms with Gasteiger partial charge in [0.15, 0.2) is 9.84 Å². The molecule has 1 aliphatic heterocycles. The number of rotatable bonds is 5. The molecule has 2 aromatic rings. The van der Waals surface area contributed by atoms with Crippen molar-refractivity contribution in [3.8, 4) is 11.5 Å². The van der Waals surface area contributed by atoms with Crippen LogP contribution in [0.1, 0.15) is 33.6 Å². The average molecular weight is 389 g/mol. The van der Waals surface area contributed by atoms with E-state index in [-0.39, 0.29) is 27.7 Å². The Bertz CT molecular complexity index is 976. The molecule has 3 rings (SSSR count). The van der Waals surface area contributed by atoms with Crippen LogP contribution in [0.3, 0.4) is 0 Å². The van der Waals surface area contributed by atoms with Crippen molar-refractivity contribution in [3.63, 3.8) is 0 Å². The first-order valence-corrected chi connectivity index (χ1v) is 10.3. The summed E-state index contributed by atoms with van der Waals surface area (Å²) in [5.74, 6) is -0.856. The molecule has 0 aliphatic carbocycles. The van der Waals surface area contributed by atoms with Crippen LogP contribution < -0.4 is 4.74 Å². The van der Waals surface area contributed by atoms with E-state index >= 15 is 0 Å². The number of aromatic carboxylic acids is 1. The van der Waals surface area contributed by atoms with Crippen LogP contribution >= 0.6 is 0 Å². The van der Waals surface area contributed by atoms with Gasteiger partial charge in [-0.3, -0.25) is 4.79 Å². The number of hydrogen-bond acceptors (Lipinski definition) is 5. The first-order chi connectivity index (χ1) is 12.7. The molecule has 7 nitrogen and oxygen atoms in total. The van der Waals surface area contributed by atoms with Crippen molar-refractivity contribution in [1.82, 2.24) is 4.90 Å². The Balaban J connectivity index is 1.90. The van der Waals surface area contributed by atoms with Gasteiger partial charge in [-0.25, -0.2) is 13.2 Å². The SMILES string of the molecule is CS(=O)(=O)c1ccc(Oc2cc(C(=O)O)cc(C(=O)N3CCCC3)c2)cc1. The number of ether oxygens (including phenoxy) is 1. The Kier molecular flexibility index (Phi) is 5.18. The predicted molar refractivity (Wildman–Crippen MR) is 98.2 cm³/mol. The molecule has 27 heavy (non-hydrogen) atoms. The van der Waals surface area contributed by atoms with E-state index in [1.54, 1.807) is 4.90 Å². The van der Waals surface area contributed by atoms with Gasteiger partial charge in [0.05, 0.1) is 10.5 Å². The second-order valence-electron chi connectivity index (χ2n) is 6.40. The normalized spacial score (nSPS) is 14.2. The summed E-state index contributed by atoms with van der Waals surface area (Å²) in [4.78, 5) is 25.8. The summed E-state index contributed by atoms with van der Waals surface area (Å²) in [5, 5.41) is 9.33. The fourth-order valence-electron chi connectivity index (χ4n) is 2.90. The number of nitrogens with zero attached hydrogens (tertiary/aromatic N) is 1. The van der Waals surface area contributed by atoms with Crippen LogP contribution in [0.2, 0.25) is 0 Å². The van der Waals surface area contributed by atoms with Gasteiger partial charge in [0, 0.05) is 24.9 Å². The predicted octanol–water partition coefficient (Wildman–Crippen LogP) is 2.82. The van der Waals surface area contributed by atoms with Crippen LogP contribution in [0.15, 0.2) is 47.4 Å². The summed E-state index contributed by atoms with van der Waals surface area (Å²) in [6.07, 6.45) is 2.97. The molecule has 1 saturated heterocycles. The maximum absolute atomic E-state index is 12.6. The van der Waals surface area contributed by atoms with Crippen molar-refractivity contribution in [2.45, 2.75) is 17.7 Å². The molecule has 142 valence electrons. The lowest BCUT2D eigenvalue weighted by Gasteiger charge is -2.16. The van der Waals surface area contributed by atoms with Crippen molar-refractivity contribution < 1.29 is 27.9 Å². The van der Waals surface area contributed by atoms with Crippen LogP contribution in [-0.2, 0) is 9.84 Å². The number of carboxylic acid groups (broad SMARTS) is 1. The zero-order valence-electron chi connectivity index (χ0n) is 14.7. The molecule has 0 unspecified atom stereocenters. The lowest BCUT2D eigenvalue weighted by molar-refractivity contribution is 0.0696. The van der Waals surface area contributed by atoms with Gasteiger partial charge in [0.1, 0.15) is 11.5 Å². The lowest BCUT2D eigenvalue weighted by Crippen LogP contribution is -2.27. The van der Waals surface area contributed by atoms with E-state index in [0.29, 0.717) is 18.8 Å². The summed E-state index contributed by atoms with van der Waals surface area (Å²) in [6.45, 7) is 1.30. The second kappa shape index (κ2) is 7.40. The quantitative estimate of drug-likeness (QED) is 0.844. The summed E-state index contributed by atoms with van der Waals surface area (Å²) >= 11 is 0. The van der Waals surface area contributed by atoms with Gasteiger partial charge in [0.2, 0.25) is 0 Å². The van der Waals surface area contributed by atoms with Crippen molar-refractivity contribution in [3.05, 3.63) is 53.6 Å². The van der Waals surface area contributed by atoms with E-state index in [1.165, 1.54) is 42.5 Å². The van der Waals surface area contributed by atoms with E-state index in [4.69, 9.17) is 4.74 Å². The summed E-state index contributed by atoms with van der Waals surface area (Å²) < 4.78 is 28.7. The second-order valence-corrected chi connectivity index (χ2v) is 8.41. The van der Waals surface area contributed by atoms with Crippen molar-refractivity contribution >= 4 is 21.7 Å².